The van der Waals surface area contributed by atoms with Crippen LogP contribution in [-0.4, -0.2) is 17.2 Å². The number of nitrogens with one attached hydrogen (secondary N) is 1. The minimum absolute atomic E-state index is 0.354. The van der Waals surface area contributed by atoms with Crippen LogP contribution in [0.1, 0.15) is 33.6 Å². The number of hydrogen-bond donors (Lipinski definition) is 1. The van der Waals surface area contributed by atoms with Gasteiger partial charge in [0.25, 0.3) is 0 Å². The lowest BCUT2D eigenvalue weighted by Crippen LogP contribution is -2.48. The third kappa shape index (κ3) is 2.12. The molecule has 0 spiro atoms. The summed E-state index contributed by atoms with van der Waals surface area (Å²) in [7, 11) is 0. The van der Waals surface area contributed by atoms with E-state index in [0.29, 0.717) is 4.87 Å². The summed E-state index contributed by atoms with van der Waals surface area (Å²) in [5.41, 5.74) is 0. The Hall–Kier alpha value is 0.310. The van der Waals surface area contributed by atoms with Crippen LogP contribution in [0.3, 0.4) is 0 Å². The molecule has 2 heteroatoms. The first kappa shape index (κ1) is 9.40. The molecule has 1 aliphatic rings. The zero-order valence-electron chi connectivity index (χ0n) is 7.81. The molecular weight excluding hydrogens is 154 g/mol. The minimum atomic E-state index is 0.354. The van der Waals surface area contributed by atoms with Crippen molar-refractivity contribution in [1.82, 2.24) is 5.32 Å². The van der Waals surface area contributed by atoms with E-state index >= 15 is 0 Å². The van der Waals surface area contributed by atoms with Crippen molar-refractivity contribution in [3.05, 3.63) is 0 Å². The van der Waals surface area contributed by atoms with Crippen molar-refractivity contribution in [3.8, 4) is 0 Å². The van der Waals surface area contributed by atoms with Gasteiger partial charge in [0.2, 0.25) is 0 Å². The van der Waals surface area contributed by atoms with Crippen LogP contribution in [0.4, 0.5) is 0 Å². The first-order chi connectivity index (χ1) is 5.19. The molecule has 1 saturated heterocycles. The molecule has 1 fully saturated rings. The number of thioether (sulfide) groups is 1. The Kier molecular flexibility index (Phi) is 3.26. The van der Waals surface area contributed by atoms with Crippen molar-refractivity contribution >= 4 is 11.8 Å². The van der Waals surface area contributed by atoms with Crippen molar-refractivity contribution < 1.29 is 0 Å². The van der Waals surface area contributed by atoms with Gasteiger partial charge in [-0.05, 0) is 31.6 Å². The van der Waals surface area contributed by atoms with Gasteiger partial charge in [-0.3, -0.25) is 0 Å². The van der Waals surface area contributed by atoms with E-state index in [4.69, 9.17) is 0 Å². The van der Waals surface area contributed by atoms with Crippen LogP contribution < -0.4 is 5.32 Å². The maximum absolute atomic E-state index is 3.61. The van der Waals surface area contributed by atoms with Crippen molar-refractivity contribution in [1.29, 1.82) is 0 Å². The second kappa shape index (κ2) is 3.81. The second-order valence-electron chi connectivity index (χ2n) is 3.55. The highest BCUT2D eigenvalue weighted by molar-refractivity contribution is 8.00. The summed E-state index contributed by atoms with van der Waals surface area (Å²) in [5, 5.41) is 3.61. The highest BCUT2D eigenvalue weighted by Crippen LogP contribution is 2.34. The van der Waals surface area contributed by atoms with Crippen LogP contribution in [0.5, 0.6) is 0 Å². The Morgan fingerprint density at radius 2 is 2.36 bits per heavy atom. The van der Waals surface area contributed by atoms with Crippen molar-refractivity contribution in [2.75, 3.05) is 12.3 Å². The third-order valence-electron chi connectivity index (χ3n) is 2.75. The van der Waals surface area contributed by atoms with Crippen molar-refractivity contribution in [2.24, 2.45) is 5.92 Å². The Balaban J connectivity index is 2.49. The van der Waals surface area contributed by atoms with Crippen molar-refractivity contribution in [2.45, 2.75) is 38.5 Å². The molecule has 0 amide bonds. The van der Waals surface area contributed by atoms with E-state index in [1.807, 2.05) is 0 Å². The molecule has 0 aromatic rings. The molecule has 1 aliphatic heterocycles. The highest BCUT2D eigenvalue weighted by Gasteiger charge is 2.31. The SMILES string of the molecule is CCC(C)C1(C)NCCCS1. The maximum atomic E-state index is 3.61. The van der Waals surface area contributed by atoms with E-state index in [2.05, 4.69) is 37.8 Å². The van der Waals surface area contributed by atoms with Crippen LogP contribution >= 0.6 is 11.8 Å². The lowest BCUT2D eigenvalue weighted by molar-refractivity contribution is 0.345. The van der Waals surface area contributed by atoms with E-state index in [1.54, 1.807) is 0 Å². The number of rotatable bonds is 2. The predicted molar refractivity (Wildman–Crippen MR) is 52.9 cm³/mol. The van der Waals surface area contributed by atoms with Gasteiger partial charge < -0.3 is 5.32 Å². The summed E-state index contributed by atoms with van der Waals surface area (Å²) in [6, 6.07) is 0. The molecule has 1 nitrogen and oxygen atoms in total. The Morgan fingerprint density at radius 3 is 2.82 bits per heavy atom. The molecule has 1 rings (SSSR count). The standard InChI is InChI=1S/C9H19NS/c1-4-8(2)9(3)10-6-5-7-11-9/h8,10H,4-7H2,1-3H3. The topological polar surface area (TPSA) is 12.0 Å². The average Bonchev–Trinajstić information content (AvgIpc) is 2.04. The van der Waals surface area contributed by atoms with Gasteiger partial charge in [-0.15, -0.1) is 11.8 Å². The van der Waals surface area contributed by atoms with E-state index in [1.165, 1.54) is 25.1 Å². The third-order valence-corrected chi connectivity index (χ3v) is 4.39. The fourth-order valence-corrected chi connectivity index (χ4v) is 2.82. The fourth-order valence-electron chi connectivity index (χ4n) is 1.45. The highest BCUT2D eigenvalue weighted by atomic mass is 32.2. The first-order valence-corrected chi connectivity index (χ1v) is 5.56. The van der Waals surface area contributed by atoms with E-state index < -0.39 is 0 Å². The average molecular weight is 173 g/mol. The molecule has 0 aliphatic carbocycles. The summed E-state index contributed by atoms with van der Waals surface area (Å²) in [6.45, 7) is 8.15. The maximum Gasteiger partial charge on any atom is 0.0642 e. The molecule has 1 N–H and O–H groups in total. The fraction of sp³-hybridized carbons (Fsp3) is 1.00. The lowest BCUT2D eigenvalue weighted by Gasteiger charge is -2.39. The van der Waals surface area contributed by atoms with Gasteiger partial charge in [-0.1, -0.05) is 20.3 Å². The zero-order chi connectivity index (χ0) is 8.32. The summed E-state index contributed by atoms with van der Waals surface area (Å²) in [4.78, 5) is 0.354. The van der Waals surface area contributed by atoms with Gasteiger partial charge >= 0.3 is 0 Å². The molecular formula is C9H19NS. The Bertz CT molecular complexity index is 119. The Labute approximate surface area is 74.3 Å². The largest absolute Gasteiger partial charge is 0.303 e. The Morgan fingerprint density at radius 1 is 1.64 bits per heavy atom. The second-order valence-corrected chi connectivity index (χ2v) is 5.09. The molecule has 0 radical (unpaired) electrons. The van der Waals surface area contributed by atoms with Gasteiger partial charge in [0.1, 0.15) is 0 Å². The van der Waals surface area contributed by atoms with Gasteiger partial charge in [-0.25, -0.2) is 0 Å². The first-order valence-electron chi connectivity index (χ1n) is 4.58. The van der Waals surface area contributed by atoms with Gasteiger partial charge in [-0.2, -0.15) is 0 Å². The molecule has 0 aromatic heterocycles. The zero-order valence-corrected chi connectivity index (χ0v) is 8.63. The van der Waals surface area contributed by atoms with Crippen LogP contribution in [0.2, 0.25) is 0 Å². The van der Waals surface area contributed by atoms with Crippen LogP contribution in [0.25, 0.3) is 0 Å². The molecule has 2 atom stereocenters. The monoisotopic (exact) mass is 173 g/mol. The van der Waals surface area contributed by atoms with Gasteiger partial charge in [0.05, 0.1) is 4.87 Å². The lowest BCUT2D eigenvalue weighted by atomic mass is 10.00. The molecule has 66 valence electrons. The van der Waals surface area contributed by atoms with Gasteiger partial charge in [0.15, 0.2) is 0 Å². The summed E-state index contributed by atoms with van der Waals surface area (Å²) >= 11 is 2.09. The molecule has 11 heavy (non-hydrogen) atoms. The van der Waals surface area contributed by atoms with Gasteiger partial charge in [0, 0.05) is 0 Å². The van der Waals surface area contributed by atoms with E-state index in [0.717, 1.165) is 5.92 Å². The summed E-state index contributed by atoms with van der Waals surface area (Å²) in [6.07, 6.45) is 2.60. The van der Waals surface area contributed by atoms with E-state index in [-0.39, 0.29) is 0 Å². The quantitative estimate of drug-likeness (QED) is 0.688. The normalized spacial score (nSPS) is 35.2. The van der Waals surface area contributed by atoms with Crippen LogP contribution in [0, 0.1) is 5.92 Å². The molecule has 1 heterocycles. The predicted octanol–water partition coefficient (Wildman–Crippen LogP) is 2.48. The van der Waals surface area contributed by atoms with Crippen molar-refractivity contribution in [3.63, 3.8) is 0 Å². The number of hydrogen-bond acceptors (Lipinski definition) is 2. The molecule has 0 bridgehead atoms. The van der Waals surface area contributed by atoms with E-state index in [9.17, 15) is 0 Å². The summed E-state index contributed by atoms with van der Waals surface area (Å²) < 4.78 is 0. The minimum Gasteiger partial charge on any atom is -0.303 e. The van der Waals surface area contributed by atoms with Crippen LogP contribution in [-0.2, 0) is 0 Å². The molecule has 0 aromatic carbocycles. The molecule has 2 unspecified atom stereocenters. The smallest absolute Gasteiger partial charge is 0.0642 e. The van der Waals surface area contributed by atoms with Crippen LogP contribution in [0.15, 0.2) is 0 Å². The summed E-state index contributed by atoms with van der Waals surface area (Å²) in [5.74, 6) is 2.11. The molecule has 0 saturated carbocycles.